The predicted octanol–water partition coefficient (Wildman–Crippen LogP) is 3.80. The second-order valence-electron chi connectivity index (χ2n) is 4.02. The summed E-state index contributed by atoms with van der Waals surface area (Å²) in [4.78, 5) is 11.8. The number of halogens is 4. The lowest BCUT2D eigenvalue weighted by Crippen LogP contribution is -2.24. The maximum atomic E-state index is 13.7. The standard InChI is InChI=1S/C14H9BrF3NO/c15-11-3-1-2-10(13(11)18)14(20)19-7-8-4-5-9(16)6-12(8)17/h1-6H,7H2,(H,19,20). The van der Waals surface area contributed by atoms with Crippen molar-refractivity contribution < 1.29 is 18.0 Å². The lowest BCUT2D eigenvalue weighted by molar-refractivity contribution is 0.0946. The van der Waals surface area contributed by atoms with E-state index in [1.807, 2.05) is 0 Å². The van der Waals surface area contributed by atoms with Crippen LogP contribution in [-0.4, -0.2) is 5.91 Å². The van der Waals surface area contributed by atoms with Crippen molar-refractivity contribution in [1.82, 2.24) is 5.32 Å². The number of nitrogens with one attached hydrogen (secondary N) is 1. The van der Waals surface area contributed by atoms with Gasteiger partial charge in [-0.3, -0.25) is 4.79 Å². The Morgan fingerprint density at radius 2 is 1.90 bits per heavy atom. The summed E-state index contributed by atoms with van der Waals surface area (Å²) >= 11 is 2.97. The zero-order valence-electron chi connectivity index (χ0n) is 10.1. The minimum absolute atomic E-state index is 0.121. The van der Waals surface area contributed by atoms with Crippen molar-refractivity contribution in [1.29, 1.82) is 0 Å². The second-order valence-corrected chi connectivity index (χ2v) is 4.87. The third kappa shape index (κ3) is 3.19. The van der Waals surface area contributed by atoms with E-state index in [-0.39, 0.29) is 22.1 Å². The van der Waals surface area contributed by atoms with Crippen molar-refractivity contribution in [3.63, 3.8) is 0 Å². The van der Waals surface area contributed by atoms with Gasteiger partial charge in [-0.25, -0.2) is 13.2 Å². The summed E-state index contributed by atoms with van der Waals surface area (Å²) in [7, 11) is 0. The molecule has 0 fully saturated rings. The number of amides is 1. The maximum absolute atomic E-state index is 13.7. The first kappa shape index (κ1) is 14.6. The summed E-state index contributed by atoms with van der Waals surface area (Å²) < 4.78 is 39.9. The van der Waals surface area contributed by atoms with Gasteiger partial charge in [0.1, 0.15) is 17.5 Å². The lowest BCUT2D eigenvalue weighted by Gasteiger charge is -2.08. The largest absolute Gasteiger partial charge is 0.348 e. The molecule has 0 atom stereocenters. The molecule has 1 N–H and O–H groups in total. The zero-order chi connectivity index (χ0) is 14.7. The van der Waals surface area contributed by atoms with Crippen LogP contribution in [0.1, 0.15) is 15.9 Å². The molecule has 6 heteroatoms. The fourth-order valence-electron chi connectivity index (χ4n) is 1.61. The van der Waals surface area contributed by atoms with Crippen molar-refractivity contribution in [3.8, 4) is 0 Å². The van der Waals surface area contributed by atoms with Gasteiger partial charge < -0.3 is 5.32 Å². The molecular formula is C14H9BrF3NO. The van der Waals surface area contributed by atoms with E-state index in [4.69, 9.17) is 0 Å². The van der Waals surface area contributed by atoms with Gasteiger partial charge in [0, 0.05) is 18.2 Å². The number of hydrogen-bond donors (Lipinski definition) is 1. The van der Waals surface area contributed by atoms with E-state index in [0.29, 0.717) is 0 Å². The minimum atomic E-state index is -0.764. The molecule has 0 heterocycles. The first-order valence-corrected chi connectivity index (χ1v) is 6.44. The van der Waals surface area contributed by atoms with Gasteiger partial charge in [0.2, 0.25) is 0 Å². The van der Waals surface area contributed by atoms with Crippen LogP contribution in [0.4, 0.5) is 13.2 Å². The van der Waals surface area contributed by atoms with Crippen molar-refractivity contribution in [2.75, 3.05) is 0 Å². The average molecular weight is 344 g/mol. The SMILES string of the molecule is O=C(NCc1ccc(F)cc1F)c1cccc(Br)c1F. The molecular weight excluding hydrogens is 335 g/mol. The fourth-order valence-corrected chi connectivity index (χ4v) is 1.98. The molecule has 0 spiro atoms. The Hall–Kier alpha value is -1.82. The van der Waals surface area contributed by atoms with Gasteiger partial charge in [0.05, 0.1) is 10.0 Å². The summed E-state index contributed by atoms with van der Waals surface area (Å²) in [6.07, 6.45) is 0. The summed E-state index contributed by atoms with van der Waals surface area (Å²) in [5, 5.41) is 2.38. The van der Waals surface area contributed by atoms with Gasteiger partial charge in [0.15, 0.2) is 0 Å². The number of benzene rings is 2. The van der Waals surface area contributed by atoms with E-state index in [1.54, 1.807) is 0 Å². The highest BCUT2D eigenvalue weighted by molar-refractivity contribution is 9.10. The van der Waals surface area contributed by atoms with E-state index >= 15 is 0 Å². The zero-order valence-corrected chi connectivity index (χ0v) is 11.7. The predicted molar refractivity (Wildman–Crippen MR) is 71.6 cm³/mol. The van der Waals surface area contributed by atoms with Gasteiger partial charge in [-0.05, 0) is 34.1 Å². The molecule has 2 nitrogen and oxygen atoms in total. The highest BCUT2D eigenvalue weighted by Crippen LogP contribution is 2.18. The van der Waals surface area contributed by atoms with Gasteiger partial charge in [-0.2, -0.15) is 0 Å². The number of rotatable bonds is 3. The van der Waals surface area contributed by atoms with Gasteiger partial charge in [0.25, 0.3) is 5.91 Å². The van der Waals surface area contributed by atoms with Gasteiger partial charge in [-0.15, -0.1) is 0 Å². The molecule has 0 unspecified atom stereocenters. The van der Waals surface area contributed by atoms with Crippen molar-refractivity contribution in [3.05, 3.63) is 69.4 Å². The highest BCUT2D eigenvalue weighted by atomic mass is 79.9. The molecule has 0 radical (unpaired) electrons. The molecule has 0 aliphatic heterocycles. The normalized spacial score (nSPS) is 10.4. The third-order valence-corrected chi connectivity index (χ3v) is 3.26. The Kier molecular flexibility index (Phi) is 4.44. The third-order valence-electron chi connectivity index (χ3n) is 2.65. The molecule has 2 aromatic carbocycles. The molecule has 0 aromatic heterocycles. The van der Waals surface area contributed by atoms with Crippen LogP contribution in [0.3, 0.4) is 0 Å². The van der Waals surface area contributed by atoms with Crippen LogP contribution in [0, 0.1) is 17.5 Å². The smallest absolute Gasteiger partial charge is 0.254 e. The molecule has 0 saturated heterocycles. The Labute approximate surface area is 121 Å². The number of carbonyl (C=O) groups is 1. The van der Waals surface area contributed by atoms with Crippen molar-refractivity contribution in [2.45, 2.75) is 6.54 Å². The van der Waals surface area contributed by atoms with Crippen LogP contribution in [0.2, 0.25) is 0 Å². The quantitative estimate of drug-likeness (QED) is 0.902. The molecule has 0 saturated carbocycles. The summed E-state index contributed by atoms with van der Waals surface area (Å²) in [6.45, 7) is -0.156. The Morgan fingerprint density at radius 1 is 1.15 bits per heavy atom. The van der Waals surface area contributed by atoms with Crippen molar-refractivity contribution >= 4 is 21.8 Å². The summed E-state index contributed by atoms with van der Waals surface area (Å²) in [5.41, 5.74) is -0.0305. The van der Waals surface area contributed by atoms with Crippen molar-refractivity contribution in [2.24, 2.45) is 0 Å². The Balaban J connectivity index is 2.11. The molecule has 20 heavy (non-hydrogen) atoms. The monoisotopic (exact) mass is 343 g/mol. The molecule has 2 aromatic rings. The number of hydrogen-bond acceptors (Lipinski definition) is 1. The molecule has 104 valence electrons. The van der Waals surface area contributed by atoms with Crippen LogP contribution >= 0.6 is 15.9 Å². The summed E-state index contributed by atoms with van der Waals surface area (Å²) in [5.74, 6) is -2.83. The Bertz CT molecular complexity index is 661. The van der Waals surface area contributed by atoms with Crippen LogP contribution in [0.5, 0.6) is 0 Å². The number of carbonyl (C=O) groups excluding carboxylic acids is 1. The second kappa shape index (κ2) is 6.09. The van der Waals surface area contributed by atoms with Crippen LogP contribution < -0.4 is 5.32 Å². The van der Waals surface area contributed by atoms with E-state index in [9.17, 15) is 18.0 Å². The first-order valence-electron chi connectivity index (χ1n) is 5.65. The van der Waals surface area contributed by atoms with E-state index in [0.717, 1.165) is 12.1 Å². The molecule has 2 rings (SSSR count). The molecule has 0 aliphatic carbocycles. The van der Waals surface area contributed by atoms with E-state index in [1.165, 1.54) is 24.3 Å². The van der Waals surface area contributed by atoms with Crippen LogP contribution in [0.15, 0.2) is 40.9 Å². The van der Waals surface area contributed by atoms with Gasteiger partial charge in [-0.1, -0.05) is 12.1 Å². The molecule has 0 bridgehead atoms. The topological polar surface area (TPSA) is 29.1 Å². The first-order chi connectivity index (χ1) is 9.49. The van der Waals surface area contributed by atoms with Crippen LogP contribution in [-0.2, 0) is 6.54 Å². The van der Waals surface area contributed by atoms with Gasteiger partial charge >= 0.3 is 0 Å². The Morgan fingerprint density at radius 3 is 2.60 bits per heavy atom. The molecule has 1 amide bonds. The van der Waals surface area contributed by atoms with Crippen LogP contribution in [0.25, 0.3) is 0 Å². The fraction of sp³-hybridized carbons (Fsp3) is 0.0714. The highest BCUT2D eigenvalue weighted by Gasteiger charge is 2.14. The van der Waals surface area contributed by atoms with E-state index in [2.05, 4.69) is 21.2 Å². The lowest BCUT2D eigenvalue weighted by atomic mass is 10.1. The minimum Gasteiger partial charge on any atom is -0.348 e. The average Bonchev–Trinajstić information content (AvgIpc) is 2.40. The maximum Gasteiger partial charge on any atom is 0.254 e. The molecule has 0 aliphatic rings. The van der Waals surface area contributed by atoms with E-state index < -0.39 is 23.4 Å². The summed E-state index contributed by atoms with van der Waals surface area (Å²) in [6, 6.07) is 7.33.